The predicted molar refractivity (Wildman–Crippen MR) is 69.2 cm³/mol. The van der Waals surface area contributed by atoms with Gasteiger partial charge in [-0.05, 0) is 12.8 Å². The van der Waals surface area contributed by atoms with Crippen LogP contribution in [0.4, 0.5) is 0 Å². The Bertz CT molecular complexity index is 521. The van der Waals surface area contributed by atoms with Crippen LogP contribution in [0.3, 0.4) is 0 Å². The highest BCUT2D eigenvalue weighted by Gasteiger charge is 2.45. The quantitative estimate of drug-likeness (QED) is 0.228. The number of hydrogen-bond acceptors (Lipinski definition) is 6. The molecule has 124 valence electrons. The van der Waals surface area contributed by atoms with E-state index in [1.165, 1.54) is 0 Å². The Morgan fingerprint density at radius 3 is 2.00 bits per heavy atom. The lowest BCUT2D eigenvalue weighted by Gasteiger charge is -2.21. The van der Waals surface area contributed by atoms with Crippen molar-refractivity contribution in [2.45, 2.75) is 24.9 Å². The standard InChI is InChI=1S/C9H17O10PS/c1-21(17,18)19-5-3-2-4-6(8(10)11)7(9(12)13)20(14,15)16/h6-7H,2-5H2,1H3,(H,10,11)(H,12,13)(H2,14,15,16). The maximum Gasteiger partial charge on any atom is 0.340 e. The van der Waals surface area contributed by atoms with Gasteiger partial charge in [0.05, 0.1) is 18.8 Å². The third kappa shape index (κ3) is 8.12. The van der Waals surface area contributed by atoms with E-state index in [0.29, 0.717) is 0 Å². The molecule has 0 amide bonds. The van der Waals surface area contributed by atoms with Gasteiger partial charge in [-0.15, -0.1) is 0 Å². The Morgan fingerprint density at radius 2 is 1.67 bits per heavy atom. The van der Waals surface area contributed by atoms with Crippen molar-refractivity contribution in [3.63, 3.8) is 0 Å². The van der Waals surface area contributed by atoms with Crippen molar-refractivity contribution in [2.75, 3.05) is 12.9 Å². The number of carbonyl (C=O) groups is 2. The molecule has 2 unspecified atom stereocenters. The van der Waals surface area contributed by atoms with Gasteiger partial charge in [-0.2, -0.15) is 8.42 Å². The summed E-state index contributed by atoms with van der Waals surface area (Å²) in [6, 6.07) is 0. The Kier molecular flexibility index (Phi) is 7.48. The minimum atomic E-state index is -5.13. The number of rotatable bonds is 10. The summed E-state index contributed by atoms with van der Waals surface area (Å²) in [4.78, 5) is 39.7. The average molecular weight is 348 g/mol. The molecule has 0 spiro atoms. The molecule has 4 N–H and O–H groups in total. The van der Waals surface area contributed by atoms with Crippen LogP contribution in [-0.4, -0.2) is 58.9 Å². The summed E-state index contributed by atoms with van der Waals surface area (Å²) < 4.78 is 36.8. The Hall–Kier alpha value is -1.00. The van der Waals surface area contributed by atoms with Gasteiger partial charge in [0.1, 0.15) is 0 Å². The van der Waals surface area contributed by atoms with Gasteiger partial charge < -0.3 is 20.0 Å². The molecule has 0 saturated heterocycles. The van der Waals surface area contributed by atoms with Crippen LogP contribution in [0, 0.1) is 5.92 Å². The molecule has 0 heterocycles. The van der Waals surface area contributed by atoms with Crippen molar-refractivity contribution in [1.82, 2.24) is 0 Å². The molecular weight excluding hydrogens is 331 g/mol. The summed E-state index contributed by atoms with van der Waals surface area (Å²) in [7, 11) is -8.76. The number of carboxylic acid groups (broad SMARTS) is 2. The molecule has 10 nitrogen and oxygen atoms in total. The number of unbranched alkanes of at least 4 members (excludes halogenated alkanes) is 1. The number of carboxylic acids is 2. The van der Waals surface area contributed by atoms with Gasteiger partial charge >= 0.3 is 19.5 Å². The summed E-state index contributed by atoms with van der Waals surface area (Å²) in [6.45, 7) is -0.223. The van der Waals surface area contributed by atoms with Crippen molar-refractivity contribution in [3.05, 3.63) is 0 Å². The fourth-order valence-electron chi connectivity index (χ4n) is 1.64. The normalized spacial score (nSPS) is 15.4. The SMILES string of the molecule is CS(=O)(=O)OCCCCC(C(=O)O)C(C(=O)O)P(=O)(O)O. The molecule has 0 aliphatic rings. The molecule has 0 bridgehead atoms. The van der Waals surface area contributed by atoms with Crippen molar-refractivity contribution in [3.8, 4) is 0 Å². The molecule has 0 fully saturated rings. The molecule has 21 heavy (non-hydrogen) atoms. The molecule has 0 aliphatic carbocycles. The summed E-state index contributed by atoms with van der Waals surface area (Å²) in [5, 5.41) is 17.7. The fraction of sp³-hybridized carbons (Fsp3) is 0.778. The Labute approximate surface area is 121 Å². The summed E-state index contributed by atoms with van der Waals surface area (Å²) in [6.07, 6.45) is 0.645. The van der Waals surface area contributed by atoms with E-state index in [0.717, 1.165) is 6.26 Å². The fourth-order valence-corrected chi connectivity index (χ4v) is 3.10. The van der Waals surface area contributed by atoms with E-state index in [4.69, 9.17) is 20.0 Å². The van der Waals surface area contributed by atoms with Crippen molar-refractivity contribution in [2.24, 2.45) is 5.92 Å². The minimum absolute atomic E-state index is 0.0380. The molecule has 0 aromatic carbocycles. The first-order chi connectivity index (χ1) is 9.36. The summed E-state index contributed by atoms with van der Waals surface area (Å²) in [5.74, 6) is -5.32. The van der Waals surface area contributed by atoms with Gasteiger partial charge in [-0.1, -0.05) is 6.42 Å². The largest absolute Gasteiger partial charge is 0.481 e. The third-order valence-electron chi connectivity index (χ3n) is 2.52. The lowest BCUT2D eigenvalue weighted by molar-refractivity contribution is -0.148. The second-order valence-electron chi connectivity index (χ2n) is 4.34. The first-order valence-corrected chi connectivity index (χ1v) is 9.21. The zero-order valence-corrected chi connectivity index (χ0v) is 12.8. The molecule has 2 atom stereocenters. The molecule has 12 heteroatoms. The van der Waals surface area contributed by atoms with Crippen LogP contribution >= 0.6 is 7.60 Å². The predicted octanol–water partition coefficient (Wildman–Crippen LogP) is -0.535. The van der Waals surface area contributed by atoms with Crippen LogP contribution in [0.5, 0.6) is 0 Å². The van der Waals surface area contributed by atoms with Crippen LogP contribution in [0.1, 0.15) is 19.3 Å². The lowest BCUT2D eigenvalue weighted by atomic mass is 9.98. The third-order valence-corrected chi connectivity index (χ3v) is 4.42. The molecule has 0 rings (SSSR count). The molecule has 0 aromatic rings. The summed E-state index contributed by atoms with van der Waals surface area (Å²) in [5.41, 5.74) is -2.34. The van der Waals surface area contributed by atoms with E-state index in [2.05, 4.69) is 4.18 Å². The maximum absolute atomic E-state index is 11.1. The van der Waals surface area contributed by atoms with Crippen molar-refractivity contribution >= 4 is 29.7 Å². The first-order valence-electron chi connectivity index (χ1n) is 5.71. The average Bonchev–Trinajstić information content (AvgIpc) is 2.22. The van der Waals surface area contributed by atoms with Crippen LogP contribution in [0.2, 0.25) is 0 Å². The van der Waals surface area contributed by atoms with Crippen molar-refractivity contribution in [1.29, 1.82) is 0 Å². The van der Waals surface area contributed by atoms with Crippen molar-refractivity contribution < 1.29 is 46.8 Å². The van der Waals surface area contributed by atoms with Gasteiger partial charge in [0.25, 0.3) is 10.1 Å². The Morgan fingerprint density at radius 1 is 1.14 bits per heavy atom. The van der Waals surface area contributed by atoms with Crippen LogP contribution in [-0.2, 0) is 28.5 Å². The summed E-state index contributed by atoms with van der Waals surface area (Å²) >= 11 is 0. The maximum atomic E-state index is 11.1. The molecule has 0 saturated carbocycles. The van der Waals surface area contributed by atoms with Gasteiger partial charge in [0.15, 0.2) is 5.66 Å². The second-order valence-corrected chi connectivity index (χ2v) is 7.72. The van der Waals surface area contributed by atoms with E-state index in [1.807, 2.05) is 0 Å². The number of hydrogen-bond donors (Lipinski definition) is 4. The van der Waals surface area contributed by atoms with Gasteiger partial charge in [0.2, 0.25) is 0 Å². The van der Waals surface area contributed by atoms with E-state index in [9.17, 15) is 22.6 Å². The van der Waals surface area contributed by atoms with E-state index < -0.39 is 41.2 Å². The highest BCUT2D eigenvalue weighted by Crippen LogP contribution is 2.46. The topological polar surface area (TPSA) is 176 Å². The highest BCUT2D eigenvalue weighted by molar-refractivity contribution is 7.85. The number of aliphatic carboxylic acids is 2. The van der Waals surface area contributed by atoms with Gasteiger partial charge in [-0.3, -0.25) is 18.3 Å². The Balaban J connectivity index is 4.67. The molecule has 0 aromatic heterocycles. The van der Waals surface area contributed by atoms with E-state index >= 15 is 0 Å². The molecule has 0 aliphatic heterocycles. The van der Waals surface area contributed by atoms with Crippen LogP contribution in [0.25, 0.3) is 0 Å². The molecular formula is C9H17O10PS. The smallest absolute Gasteiger partial charge is 0.340 e. The lowest BCUT2D eigenvalue weighted by Crippen LogP contribution is -2.35. The van der Waals surface area contributed by atoms with E-state index in [1.54, 1.807) is 0 Å². The zero-order chi connectivity index (χ0) is 16.8. The highest BCUT2D eigenvalue weighted by atomic mass is 32.2. The molecule has 0 radical (unpaired) electrons. The zero-order valence-electron chi connectivity index (χ0n) is 11.1. The second kappa shape index (κ2) is 7.85. The van der Waals surface area contributed by atoms with Crippen LogP contribution < -0.4 is 0 Å². The monoisotopic (exact) mass is 348 g/mol. The van der Waals surface area contributed by atoms with Gasteiger partial charge in [0, 0.05) is 0 Å². The van der Waals surface area contributed by atoms with E-state index in [-0.39, 0.29) is 25.9 Å². The first kappa shape index (κ1) is 20.0. The van der Waals surface area contributed by atoms with Gasteiger partial charge in [-0.25, -0.2) is 0 Å². The van der Waals surface area contributed by atoms with Crippen LogP contribution in [0.15, 0.2) is 0 Å². The minimum Gasteiger partial charge on any atom is -0.481 e.